The molecule has 0 radical (unpaired) electrons. The SMILES string of the molecule is C=CN(O)[C@H](CC)[C@@H](CCCCC)C(=O)NCNC(=O)c1ccc(-c2ccc(C(=O)NCC)c(C)c2)o1.O=C=O.O=C=O. The standard InChI is InChI=1S/C28H40N4O5.2CO2/c1-6-10-11-12-22(23(7-2)32(36)9-4)27(34)30-18-31-28(35)25-16-15-24(37-25)20-13-14-21(19(5)17-20)26(33)29-8-3;2*2-1-3/h9,13-17,22-23,36H,4,6-8,10-12,18H2,1-3,5H3,(H,29,33)(H,30,34)(H,31,35);;/t22-,23-;;/m1../s1. The van der Waals surface area contributed by atoms with Gasteiger partial charge in [0, 0.05) is 23.9 Å². The lowest BCUT2D eigenvalue weighted by Gasteiger charge is -2.30. The second-order valence-electron chi connectivity index (χ2n) is 9.08. The topological polar surface area (TPSA) is 192 Å². The number of aryl methyl sites for hydroxylation is 1. The smallest absolute Gasteiger partial charge is 0.373 e. The molecule has 3 amide bonds. The van der Waals surface area contributed by atoms with E-state index in [1.165, 1.54) is 6.20 Å². The number of unbranched alkanes of at least 4 members (excludes halogenated alkanes) is 2. The summed E-state index contributed by atoms with van der Waals surface area (Å²) in [6.07, 6.45) is 5.87. The van der Waals surface area contributed by atoms with E-state index >= 15 is 0 Å². The zero-order chi connectivity index (χ0) is 32.8. The van der Waals surface area contributed by atoms with E-state index in [-0.39, 0.29) is 36.5 Å². The molecule has 0 unspecified atom stereocenters. The van der Waals surface area contributed by atoms with Crippen LogP contribution in [0.5, 0.6) is 0 Å². The summed E-state index contributed by atoms with van der Waals surface area (Å²) in [5.41, 5.74) is 2.13. The number of carbonyl (C=O) groups is 3. The Morgan fingerprint density at radius 3 is 2.16 bits per heavy atom. The number of carbonyl (C=O) groups excluding carboxylic acids is 7. The third-order valence-electron chi connectivity index (χ3n) is 6.30. The van der Waals surface area contributed by atoms with Gasteiger partial charge in [-0.1, -0.05) is 45.8 Å². The van der Waals surface area contributed by atoms with E-state index in [0.717, 1.165) is 35.5 Å². The molecule has 43 heavy (non-hydrogen) atoms. The predicted octanol–water partition coefficient (Wildman–Crippen LogP) is 3.45. The van der Waals surface area contributed by atoms with Crippen LogP contribution < -0.4 is 16.0 Å². The maximum atomic E-state index is 12.9. The normalized spacial score (nSPS) is 11.0. The molecule has 1 heterocycles. The molecule has 4 N–H and O–H groups in total. The third-order valence-corrected chi connectivity index (χ3v) is 6.30. The zero-order valence-corrected chi connectivity index (χ0v) is 24.9. The molecule has 0 aliphatic heterocycles. The van der Waals surface area contributed by atoms with E-state index in [1.807, 2.05) is 26.8 Å². The first-order valence-corrected chi connectivity index (χ1v) is 13.7. The van der Waals surface area contributed by atoms with Crippen LogP contribution >= 0.6 is 0 Å². The van der Waals surface area contributed by atoms with Crippen molar-refractivity contribution in [3.05, 3.63) is 60.0 Å². The van der Waals surface area contributed by atoms with Gasteiger partial charge in [-0.15, -0.1) is 0 Å². The second-order valence-corrected chi connectivity index (χ2v) is 9.08. The monoisotopic (exact) mass is 600 g/mol. The highest BCUT2D eigenvalue weighted by molar-refractivity contribution is 5.96. The Kier molecular flexibility index (Phi) is 19.4. The van der Waals surface area contributed by atoms with Crippen LogP contribution in [0.3, 0.4) is 0 Å². The van der Waals surface area contributed by atoms with Crippen molar-refractivity contribution in [2.45, 2.75) is 65.8 Å². The number of amides is 3. The van der Waals surface area contributed by atoms with Gasteiger partial charge in [0.05, 0.1) is 18.6 Å². The van der Waals surface area contributed by atoms with Crippen LogP contribution in [-0.2, 0) is 24.0 Å². The van der Waals surface area contributed by atoms with Gasteiger partial charge in [0.2, 0.25) is 5.91 Å². The van der Waals surface area contributed by atoms with E-state index in [9.17, 15) is 19.6 Å². The zero-order valence-electron chi connectivity index (χ0n) is 24.9. The molecule has 1 aromatic heterocycles. The van der Waals surface area contributed by atoms with Crippen molar-refractivity contribution in [1.82, 2.24) is 21.0 Å². The van der Waals surface area contributed by atoms with Crippen LogP contribution in [0.2, 0.25) is 0 Å². The summed E-state index contributed by atoms with van der Waals surface area (Å²) in [5, 5.41) is 19.3. The number of hydroxylamine groups is 2. The fraction of sp³-hybridized carbons (Fsp3) is 0.433. The van der Waals surface area contributed by atoms with Crippen LogP contribution in [0.25, 0.3) is 11.3 Å². The largest absolute Gasteiger partial charge is 0.451 e. The summed E-state index contributed by atoms with van der Waals surface area (Å²) in [6.45, 7) is 11.8. The number of nitrogens with one attached hydrogen (secondary N) is 3. The van der Waals surface area contributed by atoms with Crippen molar-refractivity contribution in [2.75, 3.05) is 13.2 Å². The van der Waals surface area contributed by atoms with Gasteiger partial charge >= 0.3 is 12.3 Å². The molecule has 0 bridgehead atoms. The maximum absolute atomic E-state index is 12.9. The van der Waals surface area contributed by atoms with Gasteiger partial charge in [-0.25, -0.2) is 0 Å². The number of hydrogen-bond acceptors (Lipinski definition) is 10. The summed E-state index contributed by atoms with van der Waals surface area (Å²) in [5.74, 6) is -0.694. The van der Waals surface area contributed by atoms with E-state index < -0.39 is 17.9 Å². The molecule has 13 heteroatoms. The summed E-state index contributed by atoms with van der Waals surface area (Å²) < 4.78 is 5.73. The number of hydrogen-bond donors (Lipinski definition) is 4. The fourth-order valence-corrected chi connectivity index (χ4v) is 4.28. The van der Waals surface area contributed by atoms with Crippen molar-refractivity contribution in [1.29, 1.82) is 0 Å². The lowest BCUT2D eigenvalue weighted by atomic mass is 9.90. The molecule has 0 aliphatic carbocycles. The minimum absolute atomic E-state index is 0.0751. The van der Waals surface area contributed by atoms with E-state index in [1.54, 1.807) is 24.3 Å². The van der Waals surface area contributed by atoms with Crippen molar-refractivity contribution in [3.8, 4) is 11.3 Å². The Hall–Kier alpha value is -4.83. The van der Waals surface area contributed by atoms with Gasteiger partial charge < -0.3 is 20.4 Å². The summed E-state index contributed by atoms with van der Waals surface area (Å²) >= 11 is 0. The van der Waals surface area contributed by atoms with Crippen LogP contribution in [0, 0.1) is 12.8 Å². The first-order valence-electron chi connectivity index (χ1n) is 13.7. The summed E-state index contributed by atoms with van der Waals surface area (Å²) in [7, 11) is 0. The Morgan fingerprint density at radius 2 is 1.63 bits per heavy atom. The average Bonchev–Trinajstić information content (AvgIpc) is 3.48. The highest BCUT2D eigenvalue weighted by Gasteiger charge is 2.29. The molecule has 13 nitrogen and oxygen atoms in total. The molecule has 2 atom stereocenters. The maximum Gasteiger partial charge on any atom is 0.373 e. The lowest BCUT2D eigenvalue weighted by Crippen LogP contribution is -2.46. The van der Waals surface area contributed by atoms with Gasteiger partial charge in [0.1, 0.15) is 5.76 Å². The van der Waals surface area contributed by atoms with Crippen LogP contribution in [0.15, 0.2) is 47.5 Å². The first-order chi connectivity index (χ1) is 20.6. The van der Waals surface area contributed by atoms with Crippen molar-refractivity contribution >= 4 is 30.0 Å². The third kappa shape index (κ3) is 13.1. The molecule has 2 aromatic rings. The Labute approximate surface area is 250 Å². The Balaban J connectivity index is 0.00000270. The summed E-state index contributed by atoms with van der Waals surface area (Å²) in [4.78, 5) is 70.2. The number of rotatable bonds is 15. The number of benzene rings is 1. The molecular formula is C30H40N4O9. The molecule has 0 aliphatic rings. The lowest BCUT2D eigenvalue weighted by molar-refractivity contribution is -0.193. The second kappa shape index (κ2) is 21.9. The molecule has 0 saturated heterocycles. The van der Waals surface area contributed by atoms with Gasteiger partial charge in [-0.2, -0.15) is 19.2 Å². The molecular weight excluding hydrogens is 560 g/mol. The highest BCUT2D eigenvalue weighted by Crippen LogP contribution is 2.25. The summed E-state index contributed by atoms with van der Waals surface area (Å²) in [6, 6.07) is 8.19. The van der Waals surface area contributed by atoms with Gasteiger partial charge in [-0.05, 0) is 56.5 Å². The first kappa shape index (κ1) is 38.2. The van der Waals surface area contributed by atoms with Crippen LogP contribution in [0.1, 0.15) is 79.4 Å². The predicted molar refractivity (Wildman–Crippen MR) is 153 cm³/mol. The molecule has 1 aromatic carbocycles. The number of furan rings is 1. The average molecular weight is 601 g/mol. The van der Waals surface area contributed by atoms with Gasteiger partial charge in [0.25, 0.3) is 11.8 Å². The number of nitrogens with zero attached hydrogens (tertiary/aromatic N) is 1. The quantitative estimate of drug-likeness (QED) is 0.134. The highest BCUT2D eigenvalue weighted by atomic mass is 16.5. The van der Waals surface area contributed by atoms with E-state index in [2.05, 4.69) is 29.5 Å². The Morgan fingerprint density at radius 1 is 0.977 bits per heavy atom. The van der Waals surface area contributed by atoms with Gasteiger partial charge in [-0.3, -0.25) is 24.7 Å². The minimum Gasteiger partial charge on any atom is -0.451 e. The minimum atomic E-state index is -0.466. The van der Waals surface area contributed by atoms with Crippen molar-refractivity contribution < 1.29 is 43.2 Å². The fourth-order valence-electron chi connectivity index (χ4n) is 4.28. The van der Waals surface area contributed by atoms with Crippen LogP contribution in [-0.4, -0.2) is 59.6 Å². The molecule has 0 fully saturated rings. The van der Waals surface area contributed by atoms with Crippen LogP contribution in [0.4, 0.5) is 0 Å². The molecule has 0 saturated carbocycles. The van der Waals surface area contributed by atoms with E-state index in [4.69, 9.17) is 23.6 Å². The molecule has 234 valence electrons. The van der Waals surface area contributed by atoms with E-state index in [0.29, 0.717) is 30.7 Å². The van der Waals surface area contributed by atoms with Crippen molar-refractivity contribution in [3.63, 3.8) is 0 Å². The molecule has 2 rings (SSSR count). The Bertz CT molecular complexity index is 1230. The van der Waals surface area contributed by atoms with Crippen molar-refractivity contribution in [2.24, 2.45) is 5.92 Å². The molecule has 0 spiro atoms. The van der Waals surface area contributed by atoms with Gasteiger partial charge in [0.15, 0.2) is 5.76 Å².